The van der Waals surface area contributed by atoms with Crippen LogP contribution in [0, 0.1) is 17.2 Å². The standard InChI is InChI=1S/C18H25N3O2/c1-18(2,12-19)15-6-4-3-5-14(15)11-21-9-7-13(8-10-21)16(22)17(20)23/h3-6,13,16,22H,7-11H2,1-2H3,(H2,20,23)/t16-/m1/s1. The molecular weight excluding hydrogens is 290 g/mol. The van der Waals surface area contributed by atoms with E-state index in [-0.39, 0.29) is 5.92 Å². The number of aliphatic hydroxyl groups is 1. The molecule has 1 aromatic rings. The highest BCUT2D eigenvalue weighted by Crippen LogP contribution is 2.28. The van der Waals surface area contributed by atoms with Gasteiger partial charge in [0.05, 0.1) is 11.5 Å². The Balaban J connectivity index is 2.03. The summed E-state index contributed by atoms with van der Waals surface area (Å²) in [4.78, 5) is 13.4. The number of nitriles is 1. The quantitative estimate of drug-likeness (QED) is 0.862. The minimum Gasteiger partial charge on any atom is -0.383 e. The number of benzene rings is 1. The third-order valence-electron chi connectivity index (χ3n) is 4.73. The number of aliphatic hydroxyl groups excluding tert-OH is 1. The van der Waals surface area contributed by atoms with Gasteiger partial charge in [-0.2, -0.15) is 5.26 Å². The Morgan fingerprint density at radius 1 is 1.43 bits per heavy atom. The van der Waals surface area contributed by atoms with E-state index in [4.69, 9.17) is 5.73 Å². The van der Waals surface area contributed by atoms with Gasteiger partial charge in [-0.05, 0) is 56.8 Å². The SMILES string of the molecule is CC(C)(C#N)c1ccccc1CN1CCC([C@@H](O)C(N)=O)CC1. The first-order valence-corrected chi connectivity index (χ1v) is 8.04. The summed E-state index contributed by atoms with van der Waals surface area (Å²) >= 11 is 0. The van der Waals surface area contributed by atoms with Crippen LogP contribution in [0.4, 0.5) is 0 Å². The minimum absolute atomic E-state index is 0.0467. The van der Waals surface area contributed by atoms with Crippen LogP contribution in [0.2, 0.25) is 0 Å². The van der Waals surface area contributed by atoms with Gasteiger partial charge in [0.2, 0.25) is 5.91 Å². The van der Waals surface area contributed by atoms with Gasteiger partial charge in [0, 0.05) is 6.54 Å². The van der Waals surface area contributed by atoms with E-state index in [0.29, 0.717) is 0 Å². The van der Waals surface area contributed by atoms with E-state index in [2.05, 4.69) is 17.0 Å². The molecule has 0 bridgehead atoms. The normalized spacial score (nSPS) is 18.3. The molecule has 1 saturated heterocycles. The zero-order valence-corrected chi connectivity index (χ0v) is 13.8. The van der Waals surface area contributed by atoms with Crippen molar-refractivity contribution in [3.63, 3.8) is 0 Å². The Morgan fingerprint density at radius 3 is 2.61 bits per heavy atom. The number of likely N-dealkylation sites (tertiary alicyclic amines) is 1. The van der Waals surface area contributed by atoms with Crippen LogP contribution in [0.25, 0.3) is 0 Å². The fourth-order valence-corrected chi connectivity index (χ4v) is 3.23. The smallest absolute Gasteiger partial charge is 0.246 e. The number of piperidine rings is 1. The molecule has 2 rings (SSSR count). The van der Waals surface area contributed by atoms with Gasteiger partial charge >= 0.3 is 0 Å². The fraction of sp³-hybridized carbons (Fsp3) is 0.556. The molecule has 0 aromatic heterocycles. The second-order valence-corrected chi connectivity index (χ2v) is 6.85. The molecule has 0 unspecified atom stereocenters. The molecule has 1 atom stereocenters. The molecule has 3 N–H and O–H groups in total. The van der Waals surface area contributed by atoms with Crippen LogP contribution in [-0.2, 0) is 16.8 Å². The lowest BCUT2D eigenvalue weighted by molar-refractivity contribution is -0.129. The van der Waals surface area contributed by atoms with Crippen molar-refractivity contribution >= 4 is 5.91 Å². The maximum Gasteiger partial charge on any atom is 0.246 e. The van der Waals surface area contributed by atoms with Crippen LogP contribution in [0.3, 0.4) is 0 Å². The Bertz CT molecular complexity index is 599. The van der Waals surface area contributed by atoms with E-state index < -0.39 is 17.4 Å². The van der Waals surface area contributed by atoms with Gasteiger partial charge in [-0.1, -0.05) is 24.3 Å². The summed E-state index contributed by atoms with van der Waals surface area (Å²) in [7, 11) is 0. The summed E-state index contributed by atoms with van der Waals surface area (Å²) < 4.78 is 0. The summed E-state index contributed by atoms with van der Waals surface area (Å²) in [6.45, 7) is 6.27. The number of rotatable bonds is 5. The average Bonchev–Trinajstić information content (AvgIpc) is 2.55. The van der Waals surface area contributed by atoms with Gasteiger partial charge in [0.1, 0.15) is 6.10 Å². The molecule has 0 spiro atoms. The Labute approximate surface area is 137 Å². The number of hydrogen-bond acceptors (Lipinski definition) is 4. The summed E-state index contributed by atoms with van der Waals surface area (Å²) in [5.41, 5.74) is 6.88. The van der Waals surface area contributed by atoms with Gasteiger partial charge in [-0.3, -0.25) is 9.69 Å². The molecule has 23 heavy (non-hydrogen) atoms. The van der Waals surface area contributed by atoms with Crippen molar-refractivity contribution in [2.75, 3.05) is 13.1 Å². The zero-order valence-electron chi connectivity index (χ0n) is 13.8. The van der Waals surface area contributed by atoms with E-state index in [9.17, 15) is 15.2 Å². The first-order chi connectivity index (χ1) is 10.8. The van der Waals surface area contributed by atoms with Gasteiger partial charge in [-0.15, -0.1) is 0 Å². The first kappa shape index (κ1) is 17.5. The first-order valence-electron chi connectivity index (χ1n) is 8.04. The van der Waals surface area contributed by atoms with Crippen LogP contribution in [0.5, 0.6) is 0 Å². The van der Waals surface area contributed by atoms with Crippen LogP contribution in [-0.4, -0.2) is 35.1 Å². The summed E-state index contributed by atoms with van der Waals surface area (Å²) in [6.07, 6.45) is 0.476. The lowest BCUT2D eigenvalue weighted by atomic mass is 9.83. The van der Waals surface area contributed by atoms with Crippen LogP contribution < -0.4 is 5.73 Å². The number of primary amides is 1. The van der Waals surface area contributed by atoms with Crippen molar-refractivity contribution in [1.82, 2.24) is 4.90 Å². The number of carbonyl (C=O) groups is 1. The summed E-state index contributed by atoms with van der Waals surface area (Å²) in [5.74, 6) is -0.681. The number of hydrogen-bond donors (Lipinski definition) is 2. The van der Waals surface area contributed by atoms with Crippen LogP contribution in [0.1, 0.15) is 37.8 Å². The lowest BCUT2D eigenvalue weighted by Crippen LogP contribution is -2.42. The molecule has 1 aliphatic heterocycles. The van der Waals surface area contributed by atoms with Crippen LogP contribution >= 0.6 is 0 Å². The predicted octanol–water partition coefficient (Wildman–Crippen LogP) is 1.55. The molecular formula is C18H25N3O2. The second kappa shape index (κ2) is 7.12. The topological polar surface area (TPSA) is 90.3 Å². The zero-order chi connectivity index (χ0) is 17.0. The number of amides is 1. The molecule has 124 valence electrons. The molecule has 1 aliphatic rings. The van der Waals surface area contributed by atoms with E-state index in [1.54, 1.807) is 0 Å². The number of nitrogens with two attached hydrogens (primary N) is 1. The van der Waals surface area contributed by atoms with E-state index in [1.165, 1.54) is 0 Å². The molecule has 0 saturated carbocycles. The molecule has 1 fully saturated rings. The Kier molecular flexibility index (Phi) is 5.40. The highest BCUT2D eigenvalue weighted by molar-refractivity contribution is 5.78. The maximum atomic E-state index is 11.1. The van der Waals surface area contributed by atoms with E-state index >= 15 is 0 Å². The minimum atomic E-state index is -1.04. The van der Waals surface area contributed by atoms with Gasteiger partial charge in [0.25, 0.3) is 0 Å². The molecule has 0 radical (unpaired) electrons. The Hall–Kier alpha value is -1.90. The predicted molar refractivity (Wildman–Crippen MR) is 88.3 cm³/mol. The van der Waals surface area contributed by atoms with E-state index in [1.807, 2.05) is 32.0 Å². The third kappa shape index (κ3) is 4.10. The molecule has 1 aromatic carbocycles. The fourth-order valence-electron chi connectivity index (χ4n) is 3.23. The molecule has 5 nitrogen and oxygen atoms in total. The number of carbonyl (C=O) groups excluding carboxylic acids is 1. The molecule has 5 heteroatoms. The third-order valence-corrected chi connectivity index (χ3v) is 4.73. The van der Waals surface area contributed by atoms with E-state index in [0.717, 1.165) is 43.6 Å². The molecule has 1 amide bonds. The number of nitrogens with zero attached hydrogens (tertiary/aromatic N) is 2. The second-order valence-electron chi connectivity index (χ2n) is 6.85. The monoisotopic (exact) mass is 315 g/mol. The average molecular weight is 315 g/mol. The summed E-state index contributed by atoms with van der Waals surface area (Å²) in [6, 6.07) is 10.4. The lowest BCUT2D eigenvalue weighted by Gasteiger charge is -2.34. The van der Waals surface area contributed by atoms with Crippen LogP contribution in [0.15, 0.2) is 24.3 Å². The van der Waals surface area contributed by atoms with Gasteiger partial charge in [0.15, 0.2) is 0 Å². The summed E-state index contributed by atoms with van der Waals surface area (Å²) in [5, 5.41) is 19.2. The molecule has 0 aliphatic carbocycles. The highest BCUT2D eigenvalue weighted by Gasteiger charge is 2.29. The van der Waals surface area contributed by atoms with Gasteiger partial charge in [-0.25, -0.2) is 0 Å². The van der Waals surface area contributed by atoms with Gasteiger partial charge < -0.3 is 10.8 Å². The van der Waals surface area contributed by atoms with Crippen molar-refractivity contribution in [3.8, 4) is 6.07 Å². The largest absolute Gasteiger partial charge is 0.383 e. The van der Waals surface area contributed by atoms with Crippen molar-refractivity contribution in [2.45, 2.75) is 44.8 Å². The van der Waals surface area contributed by atoms with Crippen molar-refractivity contribution < 1.29 is 9.90 Å². The van der Waals surface area contributed by atoms with Crippen molar-refractivity contribution in [2.24, 2.45) is 11.7 Å². The highest BCUT2D eigenvalue weighted by atomic mass is 16.3. The molecule has 1 heterocycles. The Morgan fingerprint density at radius 2 is 2.04 bits per heavy atom. The maximum absolute atomic E-state index is 11.1. The van der Waals surface area contributed by atoms with Crippen molar-refractivity contribution in [1.29, 1.82) is 5.26 Å². The van der Waals surface area contributed by atoms with Crippen molar-refractivity contribution in [3.05, 3.63) is 35.4 Å².